The van der Waals surface area contributed by atoms with Gasteiger partial charge in [-0.25, -0.2) is 4.68 Å². The van der Waals surface area contributed by atoms with Gasteiger partial charge >= 0.3 is 0 Å². The number of nitrogens with zero attached hydrogens (tertiary/aromatic N) is 2. The maximum Gasteiger partial charge on any atom is 0.281 e. The van der Waals surface area contributed by atoms with Gasteiger partial charge in [0.1, 0.15) is 17.4 Å². The average Bonchev–Trinajstić information content (AvgIpc) is 2.65. The number of nitrogens with one attached hydrogen (secondary N) is 1. The van der Waals surface area contributed by atoms with Crippen LogP contribution in [0, 0.1) is 11.8 Å². The molecule has 138 valence electrons. The minimum Gasteiger partial charge on any atom is -0.491 e. The number of pyridine rings is 1. The molecule has 4 rings (SSSR count). The Hall–Kier alpha value is -3.27. The van der Waals surface area contributed by atoms with Crippen LogP contribution in [0.5, 0.6) is 5.88 Å². The lowest BCUT2D eigenvalue weighted by Gasteiger charge is -2.07. The Bertz CT molecular complexity index is 1430. The highest BCUT2D eigenvalue weighted by molar-refractivity contribution is 6.31. The van der Waals surface area contributed by atoms with Gasteiger partial charge in [0.25, 0.3) is 11.4 Å². The third kappa shape index (κ3) is 3.22. The van der Waals surface area contributed by atoms with E-state index in [4.69, 9.17) is 23.2 Å². The van der Waals surface area contributed by atoms with E-state index in [9.17, 15) is 14.7 Å². The molecule has 6 nitrogen and oxygen atoms in total. The highest BCUT2D eigenvalue weighted by Crippen LogP contribution is 2.20. The van der Waals surface area contributed by atoms with Crippen molar-refractivity contribution in [2.75, 3.05) is 0 Å². The first-order chi connectivity index (χ1) is 13.4. The Morgan fingerprint density at radius 3 is 2.68 bits per heavy atom. The van der Waals surface area contributed by atoms with Crippen molar-refractivity contribution in [3.8, 4) is 17.7 Å². The lowest BCUT2D eigenvalue weighted by molar-refractivity contribution is 0.433. The second-order valence-electron chi connectivity index (χ2n) is 5.99. The summed E-state index contributed by atoms with van der Waals surface area (Å²) in [6.45, 7) is -0.104. The average molecular weight is 412 g/mol. The number of hydrogen-bond acceptors (Lipinski definition) is 4. The van der Waals surface area contributed by atoms with Crippen LogP contribution in [0.4, 0.5) is 0 Å². The summed E-state index contributed by atoms with van der Waals surface area (Å²) in [6.07, 6.45) is 0. The monoisotopic (exact) mass is 411 g/mol. The van der Waals surface area contributed by atoms with E-state index in [2.05, 4.69) is 21.9 Å². The van der Waals surface area contributed by atoms with Gasteiger partial charge in [-0.2, -0.15) is 0 Å². The summed E-state index contributed by atoms with van der Waals surface area (Å²) in [5.41, 5.74) is -0.124. The molecule has 0 atom stereocenters. The van der Waals surface area contributed by atoms with E-state index < -0.39 is 16.9 Å². The summed E-state index contributed by atoms with van der Waals surface area (Å²) in [6, 6.07) is 11.6. The van der Waals surface area contributed by atoms with Gasteiger partial charge in [-0.05, 0) is 36.4 Å². The highest BCUT2D eigenvalue weighted by atomic mass is 35.5. The topological polar surface area (TPSA) is 88.0 Å². The van der Waals surface area contributed by atoms with Gasteiger partial charge in [0, 0.05) is 21.0 Å². The largest absolute Gasteiger partial charge is 0.491 e. The van der Waals surface area contributed by atoms with Crippen molar-refractivity contribution in [1.29, 1.82) is 0 Å². The van der Waals surface area contributed by atoms with Crippen LogP contribution in [0.1, 0.15) is 5.56 Å². The summed E-state index contributed by atoms with van der Waals surface area (Å²) in [4.78, 5) is 28.4. The Morgan fingerprint density at radius 2 is 1.89 bits per heavy atom. The van der Waals surface area contributed by atoms with E-state index in [1.807, 2.05) is 0 Å². The molecule has 0 spiro atoms. The normalized spacial score (nSPS) is 10.8. The molecule has 0 saturated heterocycles. The Morgan fingerprint density at radius 1 is 1.11 bits per heavy atom. The maximum atomic E-state index is 12.8. The van der Waals surface area contributed by atoms with Gasteiger partial charge < -0.3 is 10.1 Å². The fourth-order valence-corrected chi connectivity index (χ4v) is 3.23. The minimum absolute atomic E-state index is 0.0381. The first kappa shape index (κ1) is 18.1. The zero-order chi connectivity index (χ0) is 19.8. The van der Waals surface area contributed by atoms with E-state index in [1.54, 1.807) is 36.4 Å². The van der Waals surface area contributed by atoms with Crippen molar-refractivity contribution >= 4 is 45.0 Å². The zero-order valence-corrected chi connectivity index (χ0v) is 15.7. The number of halogens is 2. The standard InChI is InChI=1S/C20H11Cl2N3O3/c21-12-5-1-3-11(9-12)4-2-8-25-20(28)16-17(19(27)24-25)23-15-10-13(22)6-7-14(15)18(16)26/h1,3,5-7,9-10H,8H2,(H,23,26)(H,24,27). The van der Waals surface area contributed by atoms with Crippen LogP contribution in [0.3, 0.4) is 0 Å². The first-order valence-corrected chi connectivity index (χ1v) is 8.89. The molecule has 0 fully saturated rings. The van der Waals surface area contributed by atoms with E-state index in [0.29, 0.717) is 21.1 Å². The molecule has 4 aromatic rings. The molecule has 28 heavy (non-hydrogen) atoms. The summed E-state index contributed by atoms with van der Waals surface area (Å²) < 4.78 is 0.951. The molecule has 0 radical (unpaired) electrons. The Balaban J connectivity index is 1.85. The molecule has 0 bridgehead atoms. The third-order valence-electron chi connectivity index (χ3n) is 4.14. The van der Waals surface area contributed by atoms with E-state index in [-0.39, 0.29) is 22.8 Å². The fourth-order valence-electron chi connectivity index (χ4n) is 2.86. The molecule has 0 saturated carbocycles. The molecule has 0 aliphatic carbocycles. The van der Waals surface area contributed by atoms with E-state index >= 15 is 0 Å². The zero-order valence-electron chi connectivity index (χ0n) is 14.2. The number of aromatic amines is 1. The quantitative estimate of drug-likeness (QED) is 0.371. The predicted octanol–water partition coefficient (Wildman–Crippen LogP) is 3.30. The number of H-pyrrole nitrogens is 1. The first-order valence-electron chi connectivity index (χ1n) is 8.14. The lowest BCUT2D eigenvalue weighted by Crippen LogP contribution is -2.27. The molecule has 2 heterocycles. The van der Waals surface area contributed by atoms with Crippen LogP contribution in [0.25, 0.3) is 21.8 Å². The van der Waals surface area contributed by atoms with Crippen molar-refractivity contribution in [2.24, 2.45) is 0 Å². The van der Waals surface area contributed by atoms with Gasteiger partial charge in [0.15, 0.2) is 0 Å². The maximum absolute atomic E-state index is 12.8. The minimum atomic E-state index is -0.647. The summed E-state index contributed by atoms with van der Waals surface area (Å²) in [5, 5.41) is 15.2. The molecule has 2 aromatic heterocycles. The van der Waals surface area contributed by atoms with Gasteiger partial charge in [-0.1, -0.05) is 41.1 Å². The summed E-state index contributed by atoms with van der Waals surface area (Å²) >= 11 is 11.9. The number of hydrogen-bond donors (Lipinski definition) is 2. The van der Waals surface area contributed by atoms with Crippen molar-refractivity contribution in [1.82, 2.24) is 14.8 Å². The molecule has 0 aliphatic heterocycles. The van der Waals surface area contributed by atoms with Gasteiger partial charge in [0.05, 0.1) is 5.52 Å². The number of fused-ring (bicyclic) bond motifs is 2. The number of benzene rings is 2. The van der Waals surface area contributed by atoms with Crippen LogP contribution in [0.2, 0.25) is 10.0 Å². The highest BCUT2D eigenvalue weighted by Gasteiger charge is 2.16. The third-order valence-corrected chi connectivity index (χ3v) is 4.61. The summed E-state index contributed by atoms with van der Waals surface area (Å²) in [5.74, 6) is 5.18. The predicted molar refractivity (Wildman–Crippen MR) is 109 cm³/mol. The van der Waals surface area contributed by atoms with Crippen molar-refractivity contribution in [3.63, 3.8) is 0 Å². The number of aromatic hydroxyl groups is 1. The van der Waals surface area contributed by atoms with Crippen LogP contribution >= 0.6 is 23.2 Å². The SMILES string of the molecule is O=c1c2ccc(Cl)cc2[nH]c2c(O)nn(CC#Cc3cccc(Cl)c3)c(=O)c12. The molecular weight excluding hydrogens is 401 g/mol. The molecule has 0 amide bonds. The van der Waals surface area contributed by atoms with Crippen LogP contribution in [0.15, 0.2) is 52.1 Å². The molecular formula is C20H11Cl2N3O3. The molecule has 2 N–H and O–H groups in total. The fraction of sp³-hybridized carbons (Fsp3) is 0.0500. The van der Waals surface area contributed by atoms with Crippen LogP contribution in [-0.2, 0) is 6.54 Å². The second kappa shape index (κ2) is 7.04. The summed E-state index contributed by atoms with van der Waals surface area (Å²) in [7, 11) is 0. The lowest BCUT2D eigenvalue weighted by atomic mass is 10.1. The second-order valence-corrected chi connectivity index (χ2v) is 6.87. The van der Waals surface area contributed by atoms with Gasteiger partial charge in [-0.3, -0.25) is 9.59 Å². The van der Waals surface area contributed by atoms with Crippen LogP contribution in [-0.4, -0.2) is 19.9 Å². The van der Waals surface area contributed by atoms with Crippen molar-refractivity contribution in [2.45, 2.75) is 6.54 Å². The van der Waals surface area contributed by atoms with Crippen molar-refractivity contribution in [3.05, 3.63) is 78.7 Å². The molecule has 0 aliphatic rings. The Labute approximate surface area is 168 Å². The number of rotatable bonds is 1. The number of aromatic nitrogens is 3. The van der Waals surface area contributed by atoms with E-state index in [1.165, 1.54) is 6.07 Å². The van der Waals surface area contributed by atoms with E-state index in [0.717, 1.165) is 4.68 Å². The van der Waals surface area contributed by atoms with Gasteiger partial charge in [0.2, 0.25) is 5.43 Å². The van der Waals surface area contributed by atoms with Crippen molar-refractivity contribution < 1.29 is 5.11 Å². The molecule has 0 unspecified atom stereocenters. The molecule has 8 heteroatoms. The smallest absolute Gasteiger partial charge is 0.281 e. The molecule has 2 aromatic carbocycles. The van der Waals surface area contributed by atoms with Crippen LogP contribution < -0.4 is 11.0 Å². The Kier molecular flexibility index (Phi) is 4.55. The van der Waals surface area contributed by atoms with Gasteiger partial charge in [-0.15, -0.1) is 5.10 Å².